The average molecular weight is 377 g/mol. The number of rotatable bonds is 4. The van der Waals surface area contributed by atoms with Gasteiger partial charge in [-0.1, -0.05) is 6.07 Å². The van der Waals surface area contributed by atoms with Crippen molar-refractivity contribution in [3.63, 3.8) is 0 Å². The van der Waals surface area contributed by atoms with E-state index in [4.69, 9.17) is 0 Å². The van der Waals surface area contributed by atoms with E-state index in [1.807, 2.05) is 30.3 Å². The number of hydrogen-bond acceptors (Lipinski definition) is 5. The van der Waals surface area contributed by atoms with Crippen LogP contribution in [-0.2, 0) is 0 Å². The van der Waals surface area contributed by atoms with E-state index in [2.05, 4.69) is 25.1 Å². The Morgan fingerprint density at radius 1 is 0.893 bits per heavy atom. The van der Waals surface area contributed by atoms with E-state index in [0.717, 1.165) is 37.8 Å². The van der Waals surface area contributed by atoms with E-state index in [0.29, 0.717) is 11.3 Å². The van der Waals surface area contributed by atoms with Crippen LogP contribution in [0.25, 0.3) is 0 Å². The molecule has 0 aliphatic carbocycles. The Balaban J connectivity index is 1.35. The average Bonchev–Trinajstić information content (AvgIpc) is 2.75. The van der Waals surface area contributed by atoms with Crippen LogP contribution in [0.5, 0.6) is 0 Å². The molecule has 1 N–H and O–H groups in total. The third kappa shape index (κ3) is 4.09. The molecule has 1 aliphatic rings. The lowest BCUT2D eigenvalue weighted by molar-refractivity contribution is 0.102. The number of nitrogens with one attached hydrogen (secondary N) is 1. The highest BCUT2D eigenvalue weighted by molar-refractivity contribution is 6.04. The highest BCUT2D eigenvalue weighted by Crippen LogP contribution is 2.21. The molecule has 28 heavy (non-hydrogen) atoms. The second-order valence-electron chi connectivity index (χ2n) is 6.53. The summed E-state index contributed by atoms with van der Waals surface area (Å²) in [5.74, 6) is 0.00401. The van der Waals surface area contributed by atoms with Crippen LogP contribution in [0.4, 0.5) is 21.7 Å². The first-order valence-electron chi connectivity index (χ1n) is 9.13. The zero-order valence-corrected chi connectivity index (χ0v) is 15.3. The molecule has 1 amide bonds. The smallest absolute Gasteiger partial charge is 0.255 e. The van der Waals surface area contributed by atoms with Crippen molar-refractivity contribution in [2.45, 2.75) is 0 Å². The molecule has 1 saturated heterocycles. The van der Waals surface area contributed by atoms with Gasteiger partial charge in [0.2, 0.25) is 5.95 Å². The molecule has 2 aromatic carbocycles. The summed E-state index contributed by atoms with van der Waals surface area (Å²) in [7, 11) is 0. The van der Waals surface area contributed by atoms with Crippen molar-refractivity contribution in [1.82, 2.24) is 9.97 Å². The summed E-state index contributed by atoms with van der Waals surface area (Å²) in [4.78, 5) is 25.3. The first-order chi connectivity index (χ1) is 13.7. The molecule has 2 heterocycles. The van der Waals surface area contributed by atoms with Crippen LogP contribution in [0.2, 0.25) is 0 Å². The molecule has 4 rings (SSSR count). The normalized spacial score (nSPS) is 14.0. The molecule has 0 saturated carbocycles. The van der Waals surface area contributed by atoms with E-state index in [9.17, 15) is 9.18 Å². The molecular weight excluding hydrogens is 357 g/mol. The Morgan fingerprint density at radius 2 is 1.57 bits per heavy atom. The molecule has 0 spiro atoms. The number of hydrogen-bond donors (Lipinski definition) is 1. The molecule has 3 aromatic rings. The second-order valence-corrected chi connectivity index (χ2v) is 6.53. The highest BCUT2D eigenvalue weighted by atomic mass is 19.1. The first-order valence-corrected chi connectivity index (χ1v) is 9.13. The molecule has 0 atom stereocenters. The fourth-order valence-corrected chi connectivity index (χ4v) is 3.21. The fourth-order valence-electron chi connectivity index (χ4n) is 3.21. The van der Waals surface area contributed by atoms with Gasteiger partial charge in [-0.3, -0.25) is 4.79 Å². The fraction of sp³-hybridized carbons (Fsp3) is 0.190. The van der Waals surface area contributed by atoms with Crippen LogP contribution in [-0.4, -0.2) is 42.1 Å². The minimum atomic E-state index is -0.428. The maximum absolute atomic E-state index is 13.3. The molecular formula is C21H20FN5O. The Labute approximate surface area is 162 Å². The lowest BCUT2D eigenvalue weighted by atomic mass is 10.2. The van der Waals surface area contributed by atoms with Gasteiger partial charge in [0.05, 0.1) is 0 Å². The predicted molar refractivity (Wildman–Crippen MR) is 107 cm³/mol. The van der Waals surface area contributed by atoms with Crippen molar-refractivity contribution in [3.8, 4) is 0 Å². The van der Waals surface area contributed by atoms with Gasteiger partial charge < -0.3 is 15.1 Å². The Morgan fingerprint density at radius 3 is 2.25 bits per heavy atom. The maximum Gasteiger partial charge on any atom is 0.255 e. The van der Waals surface area contributed by atoms with Gasteiger partial charge in [0.1, 0.15) is 5.82 Å². The molecule has 142 valence electrons. The Hall–Kier alpha value is -3.48. The maximum atomic E-state index is 13.3. The lowest BCUT2D eigenvalue weighted by Crippen LogP contribution is -2.47. The minimum Gasteiger partial charge on any atom is -0.368 e. The summed E-state index contributed by atoms with van der Waals surface area (Å²) in [6, 6.07) is 15.1. The summed E-state index contributed by atoms with van der Waals surface area (Å²) in [5, 5.41) is 2.80. The topological polar surface area (TPSA) is 61.4 Å². The second kappa shape index (κ2) is 8.04. The quantitative estimate of drug-likeness (QED) is 0.757. The van der Waals surface area contributed by atoms with E-state index >= 15 is 0 Å². The number of amides is 1. The van der Waals surface area contributed by atoms with Crippen LogP contribution in [0.15, 0.2) is 67.0 Å². The van der Waals surface area contributed by atoms with E-state index in [1.165, 1.54) is 18.2 Å². The number of halogens is 1. The Bertz CT molecular complexity index is 941. The van der Waals surface area contributed by atoms with Crippen LogP contribution >= 0.6 is 0 Å². The van der Waals surface area contributed by atoms with Crippen molar-refractivity contribution in [2.24, 2.45) is 0 Å². The summed E-state index contributed by atoms with van der Waals surface area (Å²) in [6.45, 7) is 3.44. The number of carbonyl (C=O) groups is 1. The standard InChI is InChI=1S/C21H20FN5O/c22-17-4-1-3-16(15-17)20(28)25-18-5-7-19(8-6-18)26-11-13-27(14-12-26)21-23-9-2-10-24-21/h1-10,15H,11-14H2,(H,25,28). The van der Waals surface area contributed by atoms with Crippen molar-refractivity contribution in [3.05, 3.63) is 78.4 Å². The van der Waals surface area contributed by atoms with Crippen LogP contribution < -0.4 is 15.1 Å². The number of aromatic nitrogens is 2. The monoisotopic (exact) mass is 377 g/mol. The molecule has 7 heteroatoms. The minimum absolute atomic E-state index is 0.295. The summed E-state index contributed by atoms with van der Waals surface area (Å²) in [6.07, 6.45) is 3.51. The number of anilines is 3. The molecule has 0 radical (unpaired) electrons. The van der Waals surface area contributed by atoms with E-state index in [-0.39, 0.29) is 5.91 Å². The number of piperazine rings is 1. The summed E-state index contributed by atoms with van der Waals surface area (Å²) < 4.78 is 13.3. The number of nitrogens with zero attached hydrogens (tertiary/aromatic N) is 4. The van der Waals surface area contributed by atoms with Gasteiger partial charge in [0.25, 0.3) is 5.91 Å². The number of carbonyl (C=O) groups excluding carboxylic acids is 1. The summed E-state index contributed by atoms with van der Waals surface area (Å²) >= 11 is 0. The third-order valence-electron chi connectivity index (χ3n) is 4.69. The van der Waals surface area contributed by atoms with Crippen molar-refractivity contribution in [2.75, 3.05) is 41.3 Å². The van der Waals surface area contributed by atoms with Crippen LogP contribution in [0, 0.1) is 5.82 Å². The van der Waals surface area contributed by atoms with Gasteiger partial charge in [0.15, 0.2) is 0 Å². The van der Waals surface area contributed by atoms with Crippen molar-refractivity contribution < 1.29 is 9.18 Å². The van der Waals surface area contributed by atoms with Gasteiger partial charge in [-0.05, 0) is 48.5 Å². The molecule has 1 fully saturated rings. The van der Waals surface area contributed by atoms with Gasteiger partial charge in [-0.2, -0.15) is 0 Å². The highest BCUT2D eigenvalue weighted by Gasteiger charge is 2.19. The third-order valence-corrected chi connectivity index (χ3v) is 4.69. The van der Waals surface area contributed by atoms with E-state index < -0.39 is 5.82 Å². The molecule has 1 aliphatic heterocycles. The first kappa shape index (κ1) is 17.9. The van der Waals surface area contributed by atoms with Gasteiger partial charge in [-0.25, -0.2) is 14.4 Å². The zero-order chi connectivity index (χ0) is 19.3. The molecule has 1 aromatic heterocycles. The van der Waals surface area contributed by atoms with Gasteiger partial charge in [-0.15, -0.1) is 0 Å². The van der Waals surface area contributed by atoms with Gasteiger partial charge >= 0.3 is 0 Å². The van der Waals surface area contributed by atoms with E-state index in [1.54, 1.807) is 18.5 Å². The van der Waals surface area contributed by atoms with Crippen LogP contribution in [0.1, 0.15) is 10.4 Å². The zero-order valence-electron chi connectivity index (χ0n) is 15.3. The molecule has 0 unspecified atom stereocenters. The SMILES string of the molecule is O=C(Nc1ccc(N2CCN(c3ncccn3)CC2)cc1)c1cccc(F)c1. The lowest BCUT2D eigenvalue weighted by Gasteiger charge is -2.36. The van der Waals surface area contributed by atoms with Gasteiger partial charge in [0, 0.05) is 55.5 Å². The van der Waals surface area contributed by atoms with Crippen LogP contribution in [0.3, 0.4) is 0 Å². The predicted octanol–water partition coefficient (Wildman–Crippen LogP) is 3.19. The van der Waals surface area contributed by atoms with Crippen molar-refractivity contribution in [1.29, 1.82) is 0 Å². The van der Waals surface area contributed by atoms with Crippen molar-refractivity contribution >= 4 is 23.2 Å². The largest absolute Gasteiger partial charge is 0.368 e. The molecule has 6 nitrogen and oxygen atoms in total. The Kier molecular flexibility index (Phi) is 5.14. The number of benzene rings is 2. The summed E-state index contributed by atoms with van der Waals surface area (Å²) in [5.41, 5.74) is 2.06. The molecule has 0 bridgehead atoms.